The van der Waals surface area contributed by atoms with Crippen LogP contribution in [-0.2, 0) is 24.3 Å². The molecule has 1 amide bonds. The van der Waals surface area contributed by atoms with Crippen molar-refractivity contribution in [3.63, 3.8) is 0 Å². The third-order valence-corrected chi connectivity index (χ3v) is 4.85. The Labute approximate surface area is 169 Å². The van der Waals surface area contributed by atoms with Gasteiger partial charge in [-0.25, -0.2) is 0 Å². The minimum Gasteiger partial charge on any atom is -0.491 e. The number of nitrogens with zero attached hydrogens (tertiary/aromatic N) is 3. The number of halogens is 1. The van der Waals surface area contributed by atoms with E-state index in [0.29, 0.717) is 29.7 Å². The number of aromatic nitrogens is 3. The smallest absolute Gasteiger partial charge is 0.244 e. The molecule has 0 spiro atoms. The van der Waals surface area contributed by atoms with E-state index in [2.05, 4.69) is 20.1 Å². The summed E-state index contributed by atoms with van der Waals surface area (Å²) in [6.07, 6.45) is 7.56. The number of ether oxygens (including phenoxy) is 2. The van der Waals surface area contributed by atoms with E-state index in [1.807, 2.05) is 6.92 Å². The SMILES string of the molecule is CCOc1cc(/C=C/C(=O)NCc2nnc3n2CCCCC3)cc(Cl)c1OC. The molecule has 1 aromatic heterocycles. The van der Waals surface area contributed by atoms with Gasteiger partial charge in [-0.05, 0) is 43.5 Å². The molecule has 0 bridgehead atoms. The van der Waals surface area contributed by atoms with E-state index in [9.17, 15) is 4.79 Å². The van der Waals surface area contributed by atoms with E-state index in [1.54, 1.807) is 18.2 Å². The van der Waals surface area contributed by atoms with Gasteiger partial charge in [-0.1, -0.05) is 18.0 Å². The lowest BCUT2D eigenvalue weighted by Crippen LogP contribution is -2.23. The first kappa shape index (κ1) is 20.2. The lowest BCUT2D eigenvalue weighted by molar-refractivity contribution is -0.116. The molecule has 0 aliphatic carbocycles. The molecule has 2 aromatic rings. The fourth-order valence-electron chi connectivity index (χ4n) is 3.22. The zero-order valence-corrected chi connectivity index (χ0v) is 17.0. The third kappa shape index (κ3) is 4.84. The van der Waals surface area contributed by atoms with E-state index in [1.165, 1.54) is 19.6 Å². The maximum Gasteiger partial charge on any atom is 0.244 e. The Morgan fingerprint density at radius 3 is 2.96 bits per heavy atom. The molecule has 1 aliphatic heterocycles. The Hall–Kier alpha value is -2.54. The minimum absolute atomic E-state index is 0.212. The quantitative estimate of drug-likeness (QED) is 0.715. The molecule has 0 saturated carbocycles. The van der Waals surface area contributed by atoms with Crippen molar-refractivity contribution in [2.75, 3.05) is 13.7 Å². The number of benzene rings is 1. The van der Waals surface area contributed by atoms with Gasteiger partial charge >= 0.3 is 0 Å². The van der Waals surface area contributed by atoms with Gasteiger partial charge in [0.15, 0.2) is 17.3 Å². The van der Waals surface area contributed by atoms with Crippen molar-refractivity contribution < 1.29 is 14.3 Å². The van der Waals surface area contributed by atoms with Crippen LogP contribution in [-0.4, -0.2) is 34.4 Å². The second-order valence-corrected chi connectivity index (χ2v) is 6.92. The fraction of sp³-hybridized carbons (Fsp3) is 0.450. The minimum atomic E-state index is -0.212. The maximum absolute atomic E-state index is 12.2. The molecule has 3 rings (SSSR count). The van der Waals surface area contributed by atoms with E-state index in [-0.39, 0.29) is 5.91 Å². The lowest BCUT2D eigenvalue weighted by atomic mass is 10.2. The number of fused-ring (bicyclic) bond motifs is 1. The highest BCUT2D eigenvalue weighted by atomic mass is 35.5. The van der Waals surface area contributed by atoms with Crippen molar-refractivity contribution in [1.29, 1.82) is 0 Å². The average Bonchev–Trinajstić information content (AvgIpc) is 2.91. The highest BCUT2D eigenvalue weighted by Gasteiger charge is 2.15. The molecule has 0 fully saturated rings. The second-order valence-electron chi connectivity index (χ2n) is 6.51. The first-order valence-corrected chi connectivity index (χ1v) is 9.87. The van der Waals surface area contributed by atoms with Gasteiger partial charge in [-0.3, -0.25) is 4.79 Å². The highest BCUT2D eigenvalue weighted by molar-refractivity contribution is 6.32. The van der Waals surface area contributed by atoms with Crippen molar-refractivity contribution in [1.82, 2.24) is 20.1 Å². The van der Waals surface area contributed by atoms with Crippen LogP contribution in [0.5, 0.6) is 11.5 Å². The summed E-state index contributed by atoms with van der Waals surface area (Å²) in [5, 5.41) is 11.8. The molecule has 0 atom stereocenters. The summed E-state index contributed by atoms with van der Waals surface area (Å²) in [4.78, 5) is 12.2. The van der Waals surface area contributed by atoms with Gasteiger partial charge in [0.1, 0.15) is 5.82 Å². The van der Waals surface area contributed by atoms with Crippen LogP contribution < -0.4 is 14.8 Å². The summed E-state index contributed by atoms with van der Waals surface area (Å²) in [5.41, 5.74) is 0.751. The van der Waals surface area contributed by atoms with E-state index in [4.69, 9.17) is 21.1 Å². The van der Waals surface area contributed by atoms with Crippen molar-refractivity contribution in [2.24, 2.45) is 0 Å². The molecule has 7 nitrogen and oxygen atoms in total. The van der Waals surface area contributed by atoms with Crippen molar-refractivity contribution in [2.45, 2.75) is 45.7 Å². The van der Waals surface area contributed by atoms with Gasteiger partial charge in [0.2, 0.25) is 5.91 Å². The Morgan fingerprint density at radius 2 is 2.18 bits per heavy atom. The summed E-state index contributed by atoms with van der Waals surface area (Å²) in [6, 6.07) is 3.52. The number of aryl methyl sites for hydroxylation is 1. The first-order chi connectivity index (χ1) is 13.6. The number of rotatable bonds is 7. The third-order valence-electron chi connectivity index (χ3n) is 4.57. The monoisotopic (exact) mass is 404 g/mol. The fourth-order valence-corrected chi connectivity index (χ4v) is 3.51. The van der Waals surface area contributed by atoms with E-state index in [0.717, 1.165) is 43.0 Å². The van der Waals surface area contributed by atoms with Crippen LogP contribution >= 0.6 is 11.6 Å². The van der Waals surface area contributed by atoms with Gasteiger partial charge in [0.05, 0.1) is 25.3 Å². The Kier molecular flexibility index (Phi) is 6.92. The number of carbonyl (C=O) groups excluding carboxylic acids is 1. The summed E-state index contributed by atoms with van der Waals surface area (Å²) in [7, 11) is 1.54. The zero-order chi connectivity index (χ0) is 19.9. The molecular weight excluding hydrogens is 380 g/mol. The summed E-state index contributed by atoms with van der Waals surface area (Å²) < 4.78 is 12.9. The van der Waals surface area contributed by atoms with Crippen LogP contribution in [0, 0.1) is 0 Å². The Balaban J connectivity index is 1.64. The number of methoxy groups -OCH3 is 1. The molecule has 0 radical (unpaired) electrons. The van der Waals surface area contributed by atoms with Crippen LogP contribution in [0.25, 0.3) is 6.08 Å². The van der Waals surface area contributed by atoms with E-state index >= 15 is 0 Å². The van der Waals surface area contributed by atoms with Gasteiger partial charge in [0.25, 0.3) is 0 Å². The molecular formula is C20H25ClN4O3. The predicted molar refractivity (Wildman–Crippen MR) is 108 cm³/mol. The number of hydrogen-bond donors (Lipinski definition) is 1. The summed E-state index contributed by atoms with van der Waals surface area (Å²) >= 11 is 6.24. The van der Waals surface area contributed by atoms with Crippen LogP contribution in [0.15, 0.2) is 18.2 Å². The highest BCUT2D eigenvalue weighted by Crippen LogP contribution is 2.36. The molecule has 2 heterocycles. The molecule has 28 heavy (non-hydrogen) atoms. The molecule has 8 heteroatoms. The largest absolute Gasteiger partial charge is 0.491 e. The first-order valence-electron chi connectivity index (χ1n) is 9.49. The molecule has 0 unspecified atom stereocenters. The second kappa shape index (κ2) is 9.59. The maximum atomic E-state index is 12.2. The van der Waals surface area contributed by atoms with Crippen LogP contribution in [0.3, 0.4) is 0 Å². The van der Waals surface area contributed by atoms with Crippen molar-refractivity contribution >= 4 is 23.6 Å². The molecule has 1 aliphatic rings. The average molecular weight is 405 g/mol. The molecule has 150 valence electrons. The van der Waals surface area contributed by atoms with Gasteiger partial charge in [-0.15, -0.1) is 10.2 Å². The zero-order valence-electron chi connectivity index (χ0n) is 16.2. The van der Waals surface area contributed by atoms with Gasteiger partial charge in [0, 0.05) is 19.0 Å². The van der Waals surface area contributed by atoms with Crippen molar-refractivity contribution in [3.8, 4) is 11.5 Å². The summed E-state index contributed by atoms with van der Waals surface area (Å²) in [6.45, 7) is 3.63. The number of carbonyl (C=O) groups is 1. The molecule has 1 aromatic carbocycles. The van der Waals surface area contributed by atoms with Crippen LogP contribution in [0.2, 0.25) is 5.02 Å². The standard InChI is InChI=1S/C20H25ClN4O3/c1-3-28-16-12-14(11-15(21)20(16)27-2)8-9-19(26)22-13-18-24-23-17-7-5-4-6-10-25(17)18/h8-9,11-12H,3-7,10,13H2,1-2H3,(H,22,26)/b9-8+. The lowest BCUT2D eigenvalue weighted by Gasteiger charge is -2.11. The number of nitrogens with one attached hydrogen (secondary N) is 1. The summed E-state index contributed by atoms with van der Waals surface area (Å²) in [5.74, 6) is 2.62. The van der Waals surface area contributed by atoms with Gasteiger partial charge in [-0.2, -0.15) is 0 Å². The number of amides is 1. The number of hydrogen-bond acceptors (Lipinski definition) is 5. The van der Waals surface area contributed by atoms with Crippen molar-refractivity contribution in [3.05, 3.63) is 40.4 Å². The van der Waals surface area contributed by atoms with Gasteiger partial charge < -0.3 is 19.4 Å². The predicted octanol–water partition coefficient (Wildman–Crippen LogP) is 3.39. The Bertz CT molecular complexity index is 863. The van der Waals surface area contributed by atoms with Crippen LogP contribution in [0.4, 0.5) is 0 Å². The topological polar surface area (TPSA) is 78.3 Å². The molecule has 1 N–H and O–H groups in total. The Morgan fingerprint density at radius 1 is 1.32 bits per heavy atom. The van der Waals surface area contributed by atoms with E-state index < -0.39 is 0 Å². The van der Waals surface area contributed by atoms with Crippen LogP contribution in [0.1, 0.15) is 43.4 Å². The normalized spacial score (nSPS) is 13.8. The molecule has 0 saturated heterocycles.